The van der Waals surface area contributed by atoms with E-state index in [-0.39, 0.29) is 32.0 Å². The molecule has 2 aromatic carbocycles. The third-order valence-corrected chi connectivity index (χ3v) is 5.84. The van der Waals surface area contributed by atoms with Gasteiger partial charge in [0.05, 0.1) is 12.2 Å². The zero-order valence-corrected chi connectivity index (χ0v) is 16.6. The van der Waals surface area contributed by atoms with Gasteiger partial charge in [-0.2, -0.15) is 0 Å². The number of hydrogen-bond acceptors (Lipinski definition) is 4. The molecule has 2 N–H and O–H groups in total. The Labute approximate surface area is 169 Å². The topological polar surface area (TPSA) is 84.9 Å². The summed E-state index contributed by atoms with van der Waals surface area (Å²) in [5.74, 6) is -1.14. The summed E-state index contributed by atoms with van der Waals surface area (Å²) >= 11 is 0. The van der Waals surface area contributed by atoms with E-state index in [1.807, 2.05) is 50.2 Å². The highest BCUT2D eigenvalue weighted by Crippen LogP contribution is 2.44. The smallest absolute Gasteiger partial charge is 0.408 e. The van der Waals surface area contributed by atoms with E-state index in [1.165, 1.54) is 0 Å². The van der Waals surface area contributed by atoms with Gasteiger partial charge in [-0.25, -0.2) is 9.59 Å². The van der Waals surface area contributed by atoms with Crippen LogP contribution in [0.15, 0.2) is 48.5 Å². The van der Waals surface area contributed by atoms with Gasteiger partial charge in [-0.15, -0.1) is 0 Å². The van der Waals surface area contributed by atoms with Crippen LogP contribution in [0.2, 0.25) is 0 Å². The summed E-state index contributed by atoms with van der Waals surface area (Å²) in [5.41, 5.74) is 2.50. The van der Waals surface area contributed by atoms with Crippen LogP contribution >= 0.6 is 0 Å². The van der Waals surface area contributed by atoms with E-state index in [1.54, 1.807) is 0 Å². The van der Waals surface area contributed by atoms with E-state index in [4.69, 9.17) is 9.47 Å². The third kappa shape index (κ3) is 3.60. The summed E-state index contributed by atoms with van der Waals surface area (Å²) in [6.07, 6.45) is -0.331. The molecule has 1 unspecified atom stereocenters. The Bertz CT molecular complexity index is 908. The molecule has 1 heterocycles. The lowest BCUT2D eigenvalue weighted by atomic mass is 9.81. The molecule has 0 aromatic heterocycles. The number of carboxylic acid groups (broad SMARTS) is 1. The second-order valence-corrected chi connectivity index (χ2v) is 8.37. The van der Waals surface area contributed by atoms with Crippen LogP contribution in [-0.4, -0.2) is 41.5 Å². The number of alkyl carbamates (subject to hydrolysis) is 1. The predicted molar refractivity (Wildman–Crippen MR) is 108 cm³/mol. The number of carbonyl (C=O) groups is 2. The van der Waals surface area contributed by atoms with Crippen molar-refractivity contribution in [3.63, 3.8) is 0 Å². The number of benzene rings is 2. The lowest BCUT2D eigenvalue weighted by molar-refractivity contribution is -0.157. The Morgan fingerprint density at radius 2 is 1.69 bits per heavy atom. The Morgan fingerprint density at radius 3 is 2.24 bits per heavy atom. The predicted octanol–water partition coefficient (Wildman–Crippen LogP) is 3.94. The minimum atomic E-state index is -1.38. The van der Waals surface area contributed by atoms with E-state index < -0.39 is 23.2 Å². The molecule has 0 bridgehead atoms. The van der Waals surface area contributed by atoms with E-state index in [0.717, 1.165) is 22.3 Å². The maximum Gasteiger partial charge on any atom is 0.408 e. The molecule has 2 aromatic rings. The van der Waals surface area contributed by atoms with Gasteiger partial charge in [0.1, 0.15) is 12.1 Å². The van der Waals surface area contributed by atoms with Gasteiger partial charge in [0.2, 0.25) is 0 Å². The minimum Gasteiger partial charge on any atom is -0.479 e. The van der Waals surface area contributed by atoms with Crippen LogP contribution in [0.5, 0.6) is 0 Å². The third-order valence-electron chi connectivity index (χ3n) is 5.84. The molecule has 152 valence electrons. The van der Waals surface area contributed by atoms with Gasteiger partial charge in [-0.3, -0.25) is 0 Å². The number of hydrogen-bond donors (Lipinski definition) is 2. The van der Waals surface area contributed by atoms with E-state index in [2.05, 4.69) is 17.4 Å². The maximum absolute atomic E-state index is 12.6. The van der Waals surface area contributed by atoms with Crippen molar-refractivity contribution in [3.8, 4) is 11.1 Å². The number of carboxylic acids is 1. The zero-order chi connectivity index (χ0) is 20.6. The first kappa shape index (κ1) is 19.5. The highest BCUT2D eigenvalue weighted by Gasteiger charge is 2.48. The number of rotatable bonds is 4. The molecule has 1 aliphatic heterocycles. The number of carbonyl (C=O) groups excluding carboxylic acids is 1. The van der Waals surface area contributed by atoms with Crippen molar-refractivity contribution in [3.05, 3.63) is 59.7 Å². The molecular weight excluding hydrogens is 370 g/mol. The van der Waals surface area contributed by atoms with Crippen LogP contribution in [0.25, 0.3) is 11.1 Å². The summed E-state index contributed by atoms with van der Waals surface area (Å²) in [6.45, 7) is 4.06. The zero-order valence-electron chi connectivity index (χ0n) is 16.6. The molecule has 0 saturated carbocycles. The average molecular weight is 395 g/mol. The van der Waals surface area contributed by atoms with Crippen LogP contribution in [0, 0.1) is 0 Å². The largest absolute Gasteiger partial charge is 0.479 e. The molecule has 2 aliphatic rings. The Hall–Kier alpha value is -2.86. The molecule has 1 saturated heterocycles. The molecule has 29 heavy (non-hydrogen) atoms. The van der Waals surface area contributed by atoms with Crippen molar-refractivity contribution in [2.24, 2.45) is 0 Å². The maximum atomic E-state index is 12.6. The summed E-state index contributed by atoms with van der Waals surface area (Å²) < 4.78 is 11.1. The standard InChI is InChI=1S/C23H25NO5/c1-22(2)14-23(20(25)26,11-12-29-22)24-21(27)28-13-19-17-9-5-3-7-15(17)16-8-4-6-10-18(16)19/h3-10,19H,11-14H2,1-2H3,(H,24,27)(H,25,26). The number of fused-ring (bicyclic) bond motifs is 3. The van der Waals surface area contributed by atoms with Crippen LogP contribution < -0.4 is 5.32 Å². The summed E-state index contributed by atoms with van der Waals surface area (Å²) in [6, 6.07) is 16.2. The van der Waals surface area contributed by atoms with Crippen molar-refractivity contribution in [2.75, 3.05) is 13.2 Å². The van der Waals surface area contributed by atoms with Gasteiger partial charge < -0.3 is 19.9 Å². The van der Waals surface area contributed by atoms with Crippen molar-refractivity contribution in [1.82, 2.24) is 5.32 Å². The fraction of sp³-hybridized carbons (Fsp3) is 0.391. The number of amides is 1. The Morgan fingerprint density at radius 1 is 1.10 bits per heavy atom. The fourth-order valence-electron chi connectivity index (χ4n) is 4.54. The summed E-state index contributed by atoms with van der Waals surface area (Å²) in [5, 5.41) is 12.4. The fourth-order valence-corrected chi connectivity index (χ4v) is 4.54. The molecule has 1 fully saturated rings. The highest BCUT2D eigenvalue weighted by molar-refractivity contribution is 5.85. The highest BCUT2D eigenvalue weighted by atomic mass is 16.5. The van der Waals surface area contributed by atoms with Gasteiger partial charge in [-0.1, -0.05) is 48.5 Å². The SMILES string of the molecule is CC1(C)CC(NC(=O)OCC2c3ccccc3-c3ccccc32)(C(=O)O)CCO1. The van der Waals surface area contributed by atoms with Crippen molar-refractivity contribution >= 4 is 12.1 Å². The molecule has 4 rings (SSSR count). The monoisotopic (exact) mass is 395 g/mol. The lowest BCUT2D eigenvalue weighted by Gasteiger charge is -2.42. The van der Waals surface area contributed by atoms with E-state index in [0.29, 0.717) is 0 Å². The van der Waals surface area contributed by atoms with Crippen LogP contribution in [0.4, 0.5) is 4.79 Å². The minimum absolute atomic E-state index is 0.0694. The molecule has 1 aliphatic carbocycles. The van der Waals surface area contributed by atoms with E-state index >= 15 is 0 Å². The van der Waals surface area contributed by atoms with Crippen molar-refractivity contribution in [2.45, 2.75) is 43.7 Å². The molecule has 6 heteroatoms. The van der Waals surface area contributed by atoms with Crippen LogP contribution in [0.1, 0.15) is 43.7 Å². The van der Waals surface area contributed by atoms with Crippen LogP contribution in [0.3, 0.4) is 0 Å². The van der Waals surface area contributed by atoms with Crippen molar-refractivity contribution in [1.29, 1.82) is 0 Å². The second kappa shape index (κ2) is 7.19. The number of nitrogens with one attached hydrogen (secondary N) is 1. The average Bonchev–Trinajstić information content (AvgIpc) is 2.99. The second-order valence-electron chi connectivity index (χ2n) is 8.37. The number of aliphatic carboxylic acids is 1. The van der Waals surface area contributed by atoms with Gasteiger partial charge in [0.15, 0.2) is 0 Å². The summed E-state index contributed by atoms with van der Waals surface area (Å²) in [7, 11) is 0. The molecule has 0 radical (unpaired) electrons. The van der Waals surface area contributed by atoms with Crippen LogP contribution in [-0.2, 0) is 14.3 Å². The molecule has 1 amide bonds. The van der Waals surface area contributed by atoms with Crippen molar-refractivity contribution < 1.29 is 24.2 Å². The quantitative estimate of drug-likeness (QED) is 0.819. The Balaban J connectivity index is 1.49. The summed E-state index contributed by atoms with van der Waals surface area (Å²) in [4.78, 5) is 24.5. The van der Waals surface area contributed by atoms with Gasteiger partial charge in [-0.05, 0) is 36.1 Å². The lowest BCUT2D eigenvalue weighted by Crippen LogP contribution is -2.61. The first-order valence-corrected chi connectivity index (χ1v) is 9.82. The first-order chi connectivity index (χ1) is 13.8. The van der Waals surface area contributed by atoms with Gasteiger partial charge >= 0.3 is 12.1 Å². The normalized spacial score (nSPS) is 22.4. The molecule has 0 spiro atoms. The Kier molecular flexibility index (Phi) is 4.82. The van der Waals surface area contributed by atoms with Gasteiger partial charge in [0.25, 0.3) is 0 Å². The molecule has 1 atom stereocenters. The van der Waals surface area contributed by atoms with E-state index in [9.17, 15) is 14.7 Å². The molecular formula is C23H25NO5. The molecule has 6 nitrogen and oxygen atoms in total. The number of ether oxygens (including phenoxy) is 2. The van der Waals surface area contributed by atoms with Gasteiger partial charge in [0, 0.05) is 18.8 Å². The first-order valence-electron chi connectivity index (χ1n) is 9.82.